The number of carbonyl (C=O) groups is 1. The van der Waals surface area contributed by atoms with Crippen LogP contribution >= 0.6 is 0 Å². The van der Waals surface area contributed by atoms with Gasteiger partial charge in [0.05, 0.1) is 0 Å². The summed E-state index contributed by atoms with van der Waals surface area (Å²) < 4.78 is 0. The van der Waals surface area contributed by atoms with Crippen LogP contribution in [0.15, 0.2) is 0 Å². The first-order valence-corrected chi connectivity index (χ1v) is 1.55. The van der Waals surface area contributed by atoms with Crippen molar-refractivity contribution in [3.63, 3.8) is 0 Å². The van der Waals surface area contributed by atoms with E-state index in [4.69, 9.17) is 10.2 Å². The third-order valence-corrected chi connectivity index (χ3v) is 0.357. The van der Waals surface area contributed by atoms with Crippen molar-refractivity contribution in [2.75, 3.05) is 0 Å². The maximum atomic E-state index is 9.45. The summed E-state index contributed by atoms with van der Waals surface area (Å²) in [6.07, 6.45) is -1.23. The van der Waals surface area contributed by atoms with E-state index in [-0.39, 0.29) is 83.8 Å². The molecule has 8 heavy (non-hydrogen) atoms. The Labute approximate surface area is 116 Å². The summed E-state index contributed by atoms with van der Waals surface area (Å²) in [4.78, 5) is 9.45. The van der Waals surface area contributed by atoms with Gasteiger partial charge in [-0.3, -0.25) is 0 Å². The van der Waals surface area contributed by atoms with Crippen molar-refractivity contribution in [3.8, 4) is 0 Å². The summed E-state index contributed by atoms with van der Waals surface area (Å²) in [6, 6.07) is 0. The van der Waals surface area contributed by atoms with Crippen molar-refractivity contribution in [1.82, 2.24) is 0 Å². The van der Waals surface area contributed by atoms with Gasteiger partial charge in [-0.2, -0.15) is 0 Å². The fourth-order valence-corrected chi connectivity index (χ4v) is 0. The monoisotopic (exact) mass is 154 g/mol. The number of rotatable bonds is 1. The Kier molecular flexibility index (Phi) is 18.8. The van der Waals surface area contributed by atoms with Crippen LogP contribution in [0, 0.1) is 0 Å². The van der Waals surface area contributed by atoms with E-state index in [9.17, 15) is 4.79 Å². The quantitative estimate of drug-likeness (QED) is 0.369. The standard InChI is InChI=1S/C3H6O3.K.Na.2H/c1-2(4)3(5)6;;;;/h2,4H,1H3,(H,5,6);;;;/q;2*+1;2*-1. The summed E-state index contributed by atoms with van der Waals surface area (Å²) in [5.41, 5.74) is 0. The zero-order valence-electron chi connectivity index (χ0n) is 7.38. The number of aliphatic carboxylic acids is 1. The molecule has 0 saturated carbocycles. The summed E-state index contributed by atoms with van der Waals surface area (Å²) in [5.74, 6) is -1.19. The first-order valence-electron chi connectivity index (χ1n) is 1.55. The van der Waals surface area contributed by atoms with Gasteiger partial charge in [0.25, 0.3) is 0 Å². The molecule has 1 unspecified atom stereocenters. The molecule has 0 radical (unpaired) electrons. The van der Waals surface area contributed by atoms with Gasteiger partial charge in [-0.15, -0.1) is 0 Å². The van der Waals surface area contributed by atoms with Crippen molar-refractivity contribution in [3.05, 3.63) is 0 Å². The number of aliphatic hydroxyl groups excluding tert-OH is 1. The number of carboxylic acid groups (broad SMARTS) is 1. The molecule has 0 aliphatic carbocycles. The van der Waals surface area contributed by atoms with Gasteiger partial charge in [-0.25, -0.2) is 4.79 Å². The van der Waals surface area contributed by atoms with Gasteiger partial charge in [0.2, 0.25) is 0 Å². The van der Waals surface area contributed by atoms with Crippen LogP contribution in [0.25, 0.3) is 0 Å². The SMILES string of the molecule is CC(O)C(=O)O.[H-].[H-].[K+].[Na+]. The van der Waals surface area contributed by atoms with Crippen molar-refractivity contribution < 1.29 is 98.8 Å². The molecule has 0 aliphatic rings. The Bertz CT molecular complexity index is 72.8. The largest absolute Gasteiger partial charge is 1.00 e. The van der Waals surface area contributed by atoms with Gasteiger partial charge in [-0.05, 0) is 6.92 Å². The predicted molar refractivity (Wildman–Crippen MR) is 21.5 cm³/mol. The molecule has 2 N–H and O–H groups in total. The maximum absolute atomic E-state index is 9.45. The molecule has 0 spiro atoms. The van der Waals surface area contributed by atoms with Gasteiger partial charge < -0.3 is 13.1 Å². The topological polar surface area (TPSA) is 57.5 Å². The molecule has 0 aromatic rings. The first-order chi connectivity index (χ1) is 2.64. The van der Waals surface area contributed by atoms with E-state index in [2.05, 4.69) is 0 Å². The van der Waals surface area contributed by atoms with E-state index in [0.29, 0.717) is 0 Å². The van der Waals surface area contributed by atoms with Gasteiger partial charge >= 0.3 is 86.9 Å². The second kappa shape index (κ2) is 9.07. The Morgan fingerprint density at radius 1 is 1.75 bits per heavy atom. The average Bonchev–Trinajstić information content (AvgIpc) is 1.36. The van der Waals surface area contributed by atoms with Crippen LogP contribution in [0.5, 0.6) is 0 Å². The van der Waals surface area contributed by atoms with Gasteiger partial charge in [0.15, 0.2) is 0 Å². The summed E-state index contributed by atoms with van der Waals surface area (Å²) >= 11 is 0. The smallest absolute Gasteiger partial charge is 1.00 e. The van der Waals surface area contributed by atoms with Crippen LogP contribution in [0.2, 0.25) is 0 Å². The molecule has 0 amide bonds. The Balaban J connectivity index is -0.0000000208. The molecule has 0 heterocycles. The molecule has 5 heteroatoms. The fraction of sp³-hybridized carbons (Fsp3) is 0.667. The van der Waals surface area contributed by atoms with Crippen molar-refractivity contribution in [2.24, 2.45) is 0 Å². The van der Waals surface area contributed by atoms with Gasteiger partial charge in [-0.1, -0.05) is 0 Å². The Hall–Kier alpha value is 2.07. The number of aliphatic hydroxyl groups is 1. The molecular weight excluding hydrogens is 146 g/mol. The molecule has 40 valence electrons. The summed E-state index contributed by atoms with van der Waals surface area (Å²) in [6.45, 7) is 1.20. The number of carboxylic acids is 1. The minimum Gasteiger partial charge on any atom is -1.00 e. The fourth-order valence-electron chi connectivity index (χ4n) is 0. The molecule has 0 fully saturated rings. The van der Waals surface area contributed by atoms with Crippen LogP contribution < -0.4 is 80.9 Å². The van der Waals surface area contributed by atoms with Crippen molar-refractivity contribution in [2.45, 2.75) is 13.0 Å². The number of hydrogen-bond donors (Lipinski definition) is 2. The Morgan fingerprint density at radius 3 is 1.88 bits per heavy atom. The second-order valence-corrected chi connectivity index (χ2v) is 1.01. The third-order valence-electron chi connectivity index (χ3n) is 0.357. The van der Waals surface area contributed by atoms with E-state index in [1.807, 2.05) is 0 Å². The molecule has 0 saturated heterocycles. The second-order valence-electron chi connectivity index (χ2n) is 1.01. The van der Waals surface area contributed by atoms with E-state index in [0.717, 1.165) is 0 Å². The molecule has 0 aromatic heterocycles. The van der Waals surface area contributed by atoms with Crippen LogP contribution in [0.1, 0.15) is 9.78 Å². The van der Waals surface area contributed by atoms with Crippen LogP contribution in [-0.2, 0) is 4.79 Å². The van der Waals surface area contributed by atoms with Crippen LogP contribution in [0.4, 0.5) is 0 Å². The number of hydrogen-bond acceptors (Lipinski definition) is 2. The molecule has 3 nitrogen and oxygen atoms in total. The third kappa shape index (κ3) is 10.9. The molecular formula is C3H8KNaO3. The van der Waals surface area contributed by atoms with Crippen molar-refractivity contribution in [1.29, 1.82) is 0 Å². The predicted octanol–water partition coefficient (Wildman–Crippen LogP) is -6.32. The summed E-state index contributed by atoms with van der Waals surface area (Å²) in [7, 11) is 0. The van der Waals surface area contributed by atoms with E-state index in [1.165, 1.54) is 6.92 Å². The van der Waals surface area contributed by atoms with Crippen molar-refractivity contribution >= 4 is 5.97 Å². The normalized spacial score (nSPS) is 10.2. The minimum absolute atomic E-state index is 0. The van der Waals surface area contributed by atoms with Crippen LogP contribution in [0.3, 0.4) is 0 Å². The molecule has 0 rings (SSSR count). The van der Waals surface area contributed by atoms with Gasteiger partial charge in [0.1, 0.15) is 6.10 Å². The minimum atomic E-state index is -1.23. The zero-order chi connectivity index (χ0) is 5.15. The maximum Gasteiger partial charge on any atom is 1.00 e. The van der Waals surface area contributed by atoms with E-state index < -0.39 is 12.1 Å². The van der Waals surface area contributed by atoms with Crippen LogP contribution in [-0.4, -0.2) is 22.3 Å². The molecule has 0 aliphatic heterocycles. The molecule has 0 bridgehead atoms. The van der Waals surface area contributed by atoms with E-state index in [1.54, 1.807) is 0 Å². The summed E-state index contributed by atoms with van der Waals surface area (Å²) in [5, 5.41) is 15.8. The Morgan fingerprint density at radius 2 is 1.88 bits per heavy atom. The zero-order valence-corrected chi connectivity index (χ0v) is 10.5. The van der Waals surface area contributed by atoms with E-state index >= 15 is 0 Å². The average molecular weight is 154 g/mol. The molecule has 1 atom stereocenters. The first kappa shape index (κ1) is 16.6. The van der Waals surface area contributed by atoms with Gasteiger partial charge in [0, 0.05) is 0 Å². The molecule has 0 aromatic carbocycles.